The molecule has 7 nitrogen and oxygen atoms in total. The Hall–Kier alpha value is -2.83. The maximum absolute atomic E-state index is 11.7. The van der Waals surface area contributed by atoms with Crippen LogP contribution in [0, 0.1) is 0 Å². The van der Waals surface area contributed by atoms with Crippen LogP contribution < -0.4 is 10.3 Å². The molecule has 0 saturated heterocycles. The first kappa shape index (κ1) is 17.2. The summed E-state index contributed by atoms with van der Waals surface area (Å²) in [5.74, 6) is -0.576. The minimum atomic E-state index is -0.576. The van der Waals surface area contributed by atoms with Gasteiger partial charge in [-0.3, -0.25) is 0 Å². The maximum Gasteiger partial charge on any atom is 0.407 e. The normalized spacial score (nSPS) is 9.55. The molecule has 22 heavy (non-hydrogen) atoms. The molecule has 0 atom stereocenters. The molecule has 0 unspecified atom stereocenters. The second-order valence-electron chi connectivity index (χ2n) is 4.14. The van der Waals surface area contributed by atoms with Gasteiger partial charge in [-0.05, 0) is 24.6 Å². The quantitative estimate of drug-likeness (QED) is 0.361. The molecule has 0 saturated carbocycles. The van der Waals surface area contributed by atoms with Gasteiger partial charge in [-0.1, -0.05) is 18.7 Å². The highest BCUT2D eigenvalue weighted by atomic mass is 16.5. The van der Waals surface area contributed by atoms with Crippen molar-refractivity contribution in [1.29, 1.82) is 0 Å². The Morgan fingerprint density at radius 3 is 2.73 bits per heavy atom. The van der Waals surface area contributed by atoms with Crippen LogP contribution in [0.15, 0.2) is 41.6 Å². The van der Waals surface area contributed by atoms with Crippen molar-refractivity contribution in [1.82, 2.24) is 5.32 Å². The number of nitrogens with zero attached hydrogens (tertiary/aromatic N) is 2. The standard InChI is InChI=1S/C15H19N3O4/c1-5-22-14(19)11(2)18(16-3)13-8-6-7-12(9-13)10-17-15(20)21-4/h6-9H,2-3,5,10H2,1,4H3,(H,17,20). The number of hydrogen-bond donors (Lipinski definition) is 1. The van der Waals surface area contributed by atoms with Crippen molar-refractivity contribution >= 4 is 24.5 Å². The van der Waals surface area contributed by atoms with Crippen LogP contribution in [0.2, 0.25) is 0 Å². The van der Waals surface area contributed by atoms with E-state index in [2.05, 4.69) is 28.5 Å². The molecule has 0 aliphatic heterocycles. The number of methoxy groups -OCH3 is 1. The van der Waals surface area contributed by atoms with Gasteiger partial charge in [-0.25, -0.2) is 14.6 Å². The van der Waals surface area contributed by atoms with Crippen molar-refractivity contribution in [2.45, 2.75) is 13.5 Å². The van der Waals surface area contributed by atoms with Gasteiger partial charge in [0.05, 0.1) is 19.4 Å². The summed E-state index contributed by atoms with van der Waals surface area (Å²) in [7, 11) is 1.29. The average Bonchev–Trinajstić information content (AvgIpc) is 2.53. The molecular formula is C15H19N3O4. The van der Waals surface area contributed by atoms with Crippen LogP contribution in [0.3, 0.4) is 0 Å². The van der Waals surface area contributed by atoms with Crippen LogP contribution in [0.1, 0.15) is 12.5 Å². The lowest BCUT2D eigenvalue weighted by Crippen LogP contribution is -2.24. The Morgan fingerprint density at radius 1 is 1.41 bits per heavy atom. The predicted molar refractivity (Wildman–Crippen MR) is 83.5 cm³/mol. The van der Waals surface area contributed by atoms with Gasteiger partial charge in [0.25, 0.3) is 0 Å². The van der Waals surface area contributed by atoms with Gasteiger partial charge in [0.15, 0.2) is 0 Å². The van der Waals surface area contributed by atoms with Crippen molar-refractivity contribution < 1.29 is 19.1 Å². The zero-order chi connectivity index (χ0) is 16.5. The van der Waals surface area contributed by atoms with Crippen molar-refractivity contribution in [3.63, 3.8) is 0 Å². The second kappa shape index (κ2) is 8.46. The predicted octanol–water partition coefficient (Wildman–Crippen LogP) is 2.04. The number of anilines is 1. The summed E-state index contributed by atoms with van der Waals surface area (Å²) in [6.45, 7) is 9.32. The van der Waals surface area contributed by atoms with Gasteiger partial charge in [-0.2, -0.15) is 5.10 Å². The molecule has 0 aromatic heterocycles. The SMILES string of the molecule is C=NN(C(=C)C(=O)OCC)c1cccc(CNC(=O)OC)c1. The van der Waals surface area contributed by atoms with E-state index in [1.165, 1.54) is 12.1 Å². The molecule has 118 valence electrons. The number of rotatable bonds is 7. The van der Waals surface area contributed by atoms with Gasteiger partial charge in [-0.15, -0.1) is 0 Å². The third-order valence-electron chi connectivity index (χ3n) is 2.69. The molecule has 0 bridgehead atoms. The number of benzene rings is 1. The first-order valence-corrected chi connectivity index (χ1v) is 6.57. The minimum absolute atomic E-state index is 0.0509. The zero-order valence-electron chi connectivity index (χ0n) is 12.7. The fourth-order valence-corrected chi connectivity index (χ4v) is 1.67. The van der Waals surface area contributed by atoms with E-state index < -0.39 is 12.1 Å². The van der Waals surface area contributed by atoms with Crippen molar-refractivity contribution in [3.05, 3.63) is 42.1 Å². The summed E-state index contributed by atoms with van der Waals surface area (Å²) in [4.78, 5) is 22.8. The number of carbonyl (C=O) groups is 2. The number of amides is 1. The Balaban J connectivity index is 2.89. The topological polar surface area (TPSA) is 80.2 Å². The fourth-order valence-electron chi connectivity index (χ4n) is 1.67. The molecule has 1 rings (SSSR count). The number of hydrazone groups is 1. The average molecular weight is 305 g/mol. The Kier molecular flexibility index (Phi) is 6.62. The van der Waals surface area contributed by atoms with E-state index >= 15 is 0 Å². The molecule has 1 aromatic rings. The summed E-state index contributed by atoms with van der Waals surface area (Å²) < 4.78 is 9.39. The summed E-state index contributed by atoms with van der Waals surface area (Å²) in [6, 6.07) is 7.06. The molecule has 0 aliphatic carbocycles. The van der Waals surface area contributed by atoms with E-state index in [9.17, 15) is 9.59 Å². The van der Waals surface area contributed by atoms with Crippen LogP contribution in [-0.2, 0) is 20.8 Å². The molecule has 0 heterocycles. The third-order valence-corrected chi connectivity index (χ3v) is 2.69. The number of esters is 1. The molecule has 0 fully saturated rings. The van der Waals surface area contributed by atoms with E-state index in [1.54, 1.807) is 25.1 Å². The smallest absolute Gasteiger partial charge is 0.407 e. The Labute approximate surface area is 129 Å². The van der Waals surface area contributed by atoms with E-state index in [-0.39, 0.29) is 18.8 Å². The summed E-state index contributed by atoms with van der Waals surface area (Å²) in [5, 5.41) is 7.63. The lowest BCUT2D eigenvalue weighted by molar-refractivity contribution is -0.138. The molecule has 0 spiro atoms. The van der Waals surface area contributed by atoms with Gasteiger partial charge >= 0.3 is 12.1 Å². The van der Waals surface area contributed by atoms with Gasteiger partial charge in [0, 0.05) is 13.3 Å². The Morgan fingerprint density at radius 2 is 2.14 bits per heavy atom. The van der Waals surface area contributed by atoms with E-state index in [4.69, 9.17) is 4.74 Å². The maximum atomic E-state index is 11.7. The molecule has 7 heteroatoms. The highest BCUT2D eigenvalue weighted by molar-refractivity contribution is 5.92. The first-order chi connectivity index (χ1) is 10.5. The highest BCUT2D eigenvalue weighted by Crippen LogP contribution is 2.21. The summed E-state index contributed by atoms with van der Waals surface area (Å²) in [6.07, 6.45) is -0.528. The van der Waals surface area contributed by atoms with E-state index in [1.807, 2.05) is 6.07 Å². The lowest BCUT2D eigenvalue weighted by atomic mass is 10.2. The van der Waals surface area contributed by atoms with Crippen molar-refractivity contribution in [3.8, 4) is 0 Å². The van der Waals surface area contributed by atoms with Crippen LogP contribution in [0.25, 0.3) is 0 Å². The third kappa shape index (κ3) is 4.62. The monoisotopic (exact) mass is 305 g/mol. The van der Waals surface area contributed by atoms with Gasteiger partial charge < -0.3 is 14.8 Å². The number of ether oxygens (including phenoxy) is 2. The molecule has 1 aromatic carbocycles. The number of hydrogen-bond acceptors (Lipinski definition) is 6. The van der Waals surface area contributed by atoms with Crippen LogP contribution in [0.5, 0.6) is 0 Å². The molecule has 0 radical (unpaired) electrons. The number of nitrogens with one attached hydrogen (secondary N) is 1. The molecule has 0 aliphatic rings. The van der Waals surface area contributed by atoms with Crippen molar-refractivity contribution in [2.24, 2.45) is 5.10 Å². The van der Waals surface area contributed by atoms with Crippen LogP contribution in [0.4, 0.5) is 10.5 Å². The first-order valence-electron chi connectivity index (χ1n) is 6.57. The van der Waals surface area contributed by atoms with Gasteiger partial charge in [0.2, 0.25) is 0 Å². The highest BCUT2D eigenvalue weighted by Gasteiger charge is 2.17. The zero-order valence-corrected chi connectivity index (χ0v) is 12.7. The number of carbonyl (C=O) groups excluding carboxylic acids is 2. The van der Waals surface area contributed by atoms with Crippen LogP contribution in [-0.4, -0.2) is 32.5 Å². The van der Waals surface area contributed by atoms with Crippen molar-refractivity contribution in [2.75, 3.05) is 18.7 Å². The fraction of sp³-hybridized carbons (Fsp3) is 0.267. The minimum Gasteiger partial charge on any atom is -0.461 e. The number of alkyl carbamates (subject to hydrolysis) is 1. The summed E-state index contributed by atoms with van der Waals surface area (Å²) in [5.41, 5.74) is 1.43. The molecule has 1 amide bonds. The molecular weight excluding hydrogens is 286 g/mol. The summed E-state index contributed by atoms with van der Waals surface area (Å²) >= 11 is 0. The van der Waals surface area contributed by atoms with Crippen LogP contribution >= 0.6 is 0 Å². The lowest BCUT2D eigenvalue weighted by Gasteiger charge is -2.20. The van der Waals surface area contributed by atoms with E-state index in [0.717, 1.165) is 5.56 Å². The van der Waals surface area contributed by atoms with Gasteiger partial charge in [0.1, 0.15) is 5.70 Å². The Bertz CT molecular complexity index is 572. The van der Waals surface area contributed by atoms with E-state index in [0.29, 0.717) is 5.69 Å². The largest absolute Gasteiger partial charge is 0.461 e. The second-order valence-corrected chi connectivity index (χ2v) is 4.14. The molecule has 1 N–H and O–H groups in total.